The second-order valence-electron chi connectivity index (χ2n) is 5.12. The van der Waals surface area contributed by atoms with E-state index in [1.807, 2.05) is 4.90 Å². The first kappa shape index (κ1) is 18.7. The van der Waals surface area contributed by atoms with Gasteiger partial charge < -0.3 is 15.5 Å². The fraction of sp³-hybridized carbons (Fsp3) is 0.467. The van der Waals surface area contributed by atoms with Crippen LogP contribution >= 0.6 is 24.0 Å². The van der Waals surface area contributed by atoms with Crippen molar-refractivity contribution >= 4 is 41.5 Å². The maximum atomic E-state index is 12.6. The zero-order valence-electron chi connectivity index (χ0n) is 12.5. The Kier molecular flexibility index (Phi) is 7.65. The van der Waals surface area contributed by atoms with Gasteiger partial charge in [0.15, 0.2) is 0 Å². The Hall–Kier alpha value is -1.30. The number of halogens is 2. The fourth-order valence-electron chi connectivity index (χ4n) is 2.43. The van der Waals surface area contributed by atoms with Gasteiger partial charge in [0.25, 0.3) is 5.91 Å². The van der Waals surface area contributed by atoms with Crippen molar-refractivity contribution in [1.29, 1.82) is 0 Å². The normalized spacial score (nSPS) is 14.2. The smallest absolute Gasteiger partial charge is 0.255 e. The molecule has 1 aliphatic heterocycles. The summed E-state index contributed by atoms with van der Waals surface area (Å²) in [7, 11) is 1.69. The minimum absolute atomic E-state index is 0. The van der Waals surface area contributed by atoms with E-state index in [0.29, 0.717) is 16.3 Å². The number of hydrogen-bond acceptors (Lipinski definition) is 3. The molecule has 0 aromatic heterocycles. The van der Waals surface area contributed by atoms with Gasteiger partial charge in [0, 0.05) is 18.1 Å². The predicted octanol–water partition coefficient (Wildman–Crippen LogP) is 2.55. The molecule has 2 N–H and O–H groups in total. The van der Waals surface area contributed by atoms with E-state index in [1.54, 1.807) is 25.2 Å². The lowest BCUT2D eigenvalue weighted by Gasteiger charge is -2.27. The lowest BCUT2D eigenvalue weighted by Crippen LogP contribution is -2.36. The molecule has 122 valence electrons. The number of hydrogen-bond donors (Lipinski definition) is 2. The zero-order chi connectivity index (χ0) is 15.2. The number of benzene rings is 1. The van der Waals surface area contributed by atoms with Crippen molar-refractivity contribution in [2.75, 3.05) is 32.0 Å². The Bertz CT molecular complexity index is 532. The number of piperidine rings is 1. The summed E-state index contributed by atoms with van der Waals surface area (Å²) in [5.41, 5.74) is 0.962. The molecule has 1 aromatic carbocycles. The van der Waals surface area contributed by atoms with Gasteiger partial charge in [0.05, 0.1) is 17.8 Å². The number of nitrogens with zero attached hydrogens (tertiary/aromatic N) is 1. The first-order valence-electron chi connectivity index (χ1n) is 7.15. The fourth-order valence-corrected chi connectivity index (χ4v) is 2.60. The van der Waals surface area contributed by atoms with E-state index >= 15 is 0 Å². The van der Waals surface area contributed by atoms with Crippen LogP contribution in [0.3, 0.4) is 0 Å². The standard InChI is InChI=1S/C15H20ClN3O2.ClH/c1-17-10-14(20)18-13-9-11(16)5-6-12(13)15(21)19-7-3-2-4-8-19;/h5-6,9,17H,2-4,7-8,10H2,1H3,(H,18,20);1H. The molecule has 1 fully saturated rings. The van der Waals surface area contributed by atoms with Crippen molar-refractivity contribution in [3.63, 3.8) is 0 Å². The van der Waals surface area contributed by atoms with Crippen molar-refractivity contribution in [1.82, 2.24) is 10.2 Å². The summed E-state index contributed by atoms with van der Waals surface area (Å²) in [4.78, 5) is 26.2. The molecule has 0 saturated carbocycles. The molecule has 1 aromatic rings. The van der Waals surface area contributed by atoms with Gasteiger partial charge in [0.1, 0.15) is 0 Å². The van der Waals surface area contributed by atoms with Crippen LogP contribution in [-0.4, -0.2) is 43.4 Å². The van der Waals surface area contributed by atoms with E-state index < -0.39 is 0 Å². The third-order valence-corrected chi connectivity index (χ3v) is 3.70. The highest BCUT2D eigenvalue weighted by molar-refractivity contribution is 6.31. The topological polar surface area (TPSA) is 61.4 Å². The van der Waals surface area contributed by atoms with Crippen LogP contribution in [0.4, 0.5) is 5.69 Å². The summed E-state index contributed by atoms with van der Waals surface area (Å²) in [5.74, 6) is -0.251. The van der Waals surface area contributed by atoms with Gasteiger partial charge in [-0.15, -0.1) is 12.4 Å². The molecule has 22 heavy (non-hydrogen) atoms. The number of rotatable bonds is 4. The van der Waals surface area contributed by atoms with E-state index in [-0.39, 0.29) is 30.8 Å². The van der Waals surface area contributed by atoms with E-state index in [9.17, 15) is 9.59 Å². The summed E-state index contributed by atoms with van der Waals surface area (Å²) in [5, 5.41) is 6.00. The van der Waals surface area contributed by atoms with Crippen LogP contribution < -0.4 is 10.6 Å². The summed E-state index contributed by atoms with van der Waals surface area (Å²) in [6, 6.07) is 4.97. The van der Waals surface area contributed by atoms with Crippen LogP contribution in [0.15, 0.2) is 18.2 Å². The first-order chi connectivity index (χ1) is 10.1. The van der Waals surface area contributed by atoms with Crippen molar-refractivity contribution in [2.24, 2.45) is 0 Å². The SMILES string of the molecule is CNCC(=O)Nc1cc(Cl)ccc1C(=O)N1CCCCC1.Cl. The van der Waals surface area contributed by atoms with Gasteiger partial charge in [-0.25, -0.2) is 0 Å². The van der Waals surface area contributed by atoms with Crippen molar-refractivity contribution in [2.45, 2.75) is 19.3 Å². The number of anilines is 1. The molecule has 1 saturated heterocycles. The minimum Gasteiger partial charge on any atom is -0.339 e. The largest absolute Gasteiger partial charge is 0.339 e. The molecule has 1 heterocycles. The predicted molar refractivity (Wildman–Crippen MR) is 91.0 cm³/mol. The average Bonchev–Trinajstić information content (AvgIpc) is 2.48. The van der Waals surface area contributed by atoms with Crippen molar-refractivity contribution < 1.29 is 9.59 Å². The van der Waals surface area contributed by atoms with Crippen LogP contribution in [0.1, 0.15) is 29.6 Å². The Balaban J connectivity index is 0.00000242. The maximum absolute atomic E-state index is 12.6. The molecule has 0 bridgehead atoms. The number of amides is 2. The quantitative estimate of drug-likeness (QED) is 0.881. The van der Waals surface area contributed by atoms with Gasteiger partial charge >= 0.3 is 0 Å². The zero-order valence-corrected chi connectivity index (χ0v) is 14.1. The number of likely N-dealkylation sites (tertiary alicyclic amines) is 1. The summed E-state index contributed by atoms with van der Waals surface area (Å²) in [6.45, 7) is 1.72. The Morgan fingerprint density at radius 2 is 1.91 bits per heavy atom. The molecule has 0 spiro atoms. The molecule has 1 aliphatic rings. The summed E-state index contributed by atoms with van der Waals surface area (Å²) in [6.07, 6.45) is 3.22. The number of carbonyl (C=O) groups is 2. The van der Waals surface area contributed by atoms with Crippen molar-refractivity contribution in [3.8, 4) is 0 Å². The number of nitrogens with one attached hydrogen (secondary N) is 2. The van der Waals surface area contributed by atoms with Crippen molar-refractivity contribution in [3.05, 3.63) is 28.8 Å². The summed E-state index contributed by atoms with van der Waals surface area (Å²) >= 11 is 5.98. The molecular weight excluding hydrogens is 325 g/mol. The molecule has 2 amide bonds. The minimum atomic E-state index is -0.201. The van der Waals surface area contributed by atoms with Gasteiger partial charge in [-0.3, -0.25) is 9.59 Å². The lowest BCUT2D eigenvalue weighted by atomic mass is 10.1. The highest BCUT2D eigenvalue weighted by atomic mass is 35.5. The Labute approximate surface area is 141 Å². The molecular formula is C15H21Cl2N3O2. The van der Waals surface area contributed by atoms with Crippen LogP contribution in [-0.2, 0) is 4.79 Å². The second kappa shape index (κ2) is 8.98. The third-order valence-electron chi connectivity index (χ3n) is 3.47. The molecule has 0 aliphatic carbocycles. The van der Waals surface area contributed by atoms with Crippen LogP contribution in [0.5, 0.6) is 0 Å². The molecule has 5 nitrogen and oxygen atoms in total. The lowest BCUT2D eigenvalue weighted by molar-refractivity contribution is -0.115. The highest BCUT2D eigenvalue weighted by Gasteiger charge is 2.21. The summed E-state index contributed by atoms with van der Waals surface area (Å²) < 4.78 is 0. The van der Waals surface area contributed by atoms with Crippen LogP contribution in [0.25, 0.3) is 0 Å². The number of likely N-dealkylation sites (N-methyl/N-ethyl adjacent to an activating group) is 1. The van der Waals surface area contributed by atoms with E-state index in [1.165, 1.54) is 0 Å². The van der Waals surface area contributed by atoms with E-state index in [4.69, 9.17) is 11.6 Å². The second-order valence-corrected chi connectivity index (χ2v) is 5.56. The molecule has 0 unspecified atom stereocenters. The van der Waals surface area contributed by atoms with Gasteiger partial charge in [-0.2, -0.15) is 0 Å². The van der Waals surface area contributed by atoms with Gasteiger partial charge in [0.2, 0.25) is 5.91 Å². The highest BCUT2D eigenvalue weighted by Crippen LogP contribution is 2.24. The maximum Gasteiger partial charge on any atom is 0.255 e. The Morgan fingerprint density at radius 3 is 2.55 bits per heavy atom. The third kappa shape index (κ3) is 4.87. The van der Waals surface area contributed by atoms with Crippen LogP contribution in [0.2, 0.25) is 5.02 Å². The molecule has 2 rings (SSSR count). The average molecular weight is 346 g/mol. The first-order valence-corrected chi connectivity index (χ1v) is 7.53. The Morgan fingerprint density at radius 1 is 1.23 bits per heavy atom. The monoisotopic (exact) mass is 345 g/mol. The van der Waals surface area contributed by atoms with E-state index in [0.717, 1.165) is 32.4 Å². The van der Waals surface area contributed by atoms with Gasteiger partial charge in [-0.1, -0.05) is 11.6 Å². The van der Waals surface area contributed by atoms with Crippen LogP contribution in [0, 0.1) is 0 Å². The van der Waals surface area contributed by atoms with E-state index in [2.05, 4.69) is 10.6 Å². The van der Waals surface area contributed by atoms with Gasteiger partial charge in [-0.05, 0) is 44.5 Å². The molecule has 0 atom stereocenters. The molecule has 0 radical (unpaired) electrons. The number of carbonyl (C=O) groups excluding carboxylic acids is 2. The molecule has 7 heteroatoms.